The molecule has 1 saturated carbocycles. The molecule has 0 bridgehead atoms. The summed E-state index contributed by atoms with van der Waals surface area (Å²) in [7, 11) is -0.00445. The number of rotatable bonds is 6. The lowest BCUT2D eigenvalue weighted by molar-refractivity contribution is -0.168. The first-order valence-electron chi connectivity index (χ1n) is 11.8. The Morgan fingerprint density at radius 3 is 1.89 bits per heavy atom. The first-order chi connectivity index (χ1) is 17.5. The number of ether oxygens (including phenoxy) is 3. The zero-order valence-electron chi connectivity index (χ0n) is 21.8. The van der Waals surface area contributed by atoms with Crippen LogP contribution >= 0.6 is 0 Å². The van der Waals surface area contributed by atoms with Gasteiger partial charge in [0.1, 0.15) is 5.75 Å². The van der Waals surface area contributed by atoms with Gasteiger partial charge in [-0.05, 0) is 73.7 Å². The number of nitrogens with zero attached hydrogens (tertiary/aromatic N) is 1. The minimum atomic E-state index is -4.02. The Bertz CT molecular complexity index is 1390. The normalized spacial score (nSPS) is 19.0. The monoisotopic (exact) mass is 525 g/mol. The highest BCUT2D eigenvalue weighted by Crippen LogP contribution is 2.55. The van der Waals surface area contributed by atoms with Crippen LogP contribution < -0.4 is 4.74 Å². The number of carbonyl (C=O) groups is 2. The summed E-state index contributed by atoms with van der Waals surface area (Å²) in [5, 5.41) is 0. The standard InChI is InChI=1S/C28H31NO7S/c1-17-7-13-22(14-8-17)37(32,33)29-19(3)24-16-28(26(30)35-5,27(31)36-6)15-23(24)18(2)25(29)20-9-11-21(34-4)12-10-20/h7-14,25H,15-16H2,1-6H3. The molecule has 196 valence electrons. The molecule has 1 aliphatic carbocycles. The molecule has 4 rings (SSSR count). The number of hydrogen-bond acceptors (Lipinski definition) is 7. The molecule has 1 unspecified atom stereocenters. The van der Waals surface area contributed by atoms with Gasteiger partial charge in [-0.3, -0.25) is 13.9 Å². The van der Waals surface area contributed by atoms with Crippen LogP contribution in [0.15, 0.2) is 75.8 Å². The third-order valence-corrected chi connectivity index (χ3v) is 9.24. The van der Waals surface area contributed by atoms with Crippen molar-refractivity contribution >= 4 is 22.0 Å². The van der Waals surface area contributed by atoms with Crippen LogP contribution in [-0.4, -0.2) is 46.0 Å². The Labute approximate surface area is 217 Å². The zero-order chi connectivity index (χ0) is 27.1. The van der Waals surface area contributed by atoms with E-state index in [1.807, 2.05) is 26.0 Å². The summed E-state index contributed by atoms with van der Waals surface area (Å²) >= 11 is 0. The van der Waals surface area contributed by atoms with Gasteiger partial charge in [0.15, 0.2) is 5.41 Å². The third kappa shape index (κ3) is 4.21. The van der Waals surface area contributed by atoms with E-state index in [4.69, 9.17) is 14.2 Å². The molecule has 2 aromatic carbocycles. The van der Waals surface area contributed by atoms with Crippen LogP contribution in [0.2, 0.25) is 0 Å². The van der Waals surface area contributed by atoms with Crippen molar-refractivity contribution in [3.63, 3.8) is 0 Å². The number of sulfonamides is 1. The van der Waals surface area contributed by atoms with Crippen molar-refractivity contribution in [2.45, 2.75) is 44.6 Å². The molecule has 1 atom stereocenters. The average molecular weight is 526 g/mol. The highest BCUT2D eigenvalue weighted by molar-refractivity contribution is 7.89. The quantitative estimate of drug-likeness (QED) is 0.405. The molecule has 0 N–H and O–H groups in total. The fourth-order valence-electron chi connectivity index (χ4n) is 5.35. The van der Waals surface area contributed by atoms with Crippen LogP contribution in [0.4, 0.5) is 0 Å². The van der Waals surface area contributed by atoms with Crippen LogP contribution in [0.1, 0.15) is 43.9 Å². The van der Waals surface area contributed by atoms with Crippen molar-refractivity contribution in [1.29, 1.82) is 0 Å². The maximum absolute atomic E-state index is 14.2. The van der Waals surface area contributed by atoms with Gasteiger partial charge in [-0.1, -0.05) is 29.8 Å². The first-order valence-corrected chi connectivity index (χ1v) is 13.3. The van der Waals surface area contributed by atoms with Gasteiger partial charge in [0.2, 0.25) is 0 Å². The molecule has 0 saturated heterocycles. The van der Waals surface area contributed by atoms with E-state index in [0.29, 0.717) is 17.0 Å². The molecule has 0 spiro atoms. The molecule has 1 aliphatic heterocycles. The summed E-state index contributed by atoms with van der Waals surface area (Å²) in [6.07, 6.45) is 0.0516. The van der Waals surface area contributed by atoms with Gasteiger partial charge in [0.05, 0.1) is 32.3 Å². The van der Waals surface area contributed by atoms with E-state index in [1.165, 1.54) is 18.5 Å². The topological polar surface area (TPSA) is 99.2 Å². The van der Waals surface area contributed by atoms with Gasteiger partial charge in [0, 0.05) is 12.1 Å². The van der Waals surface area contributed by atoms with Crippen molar-refractivity contribution in [3.8, 4) is 5.75 Å². The lowest BCUT2D eigenvalue weighted by atomic mass is 9.85. The summed E-state index contributed by atoms with van der Waals surface area (Å²) in [6, 6.07) is 13.2. The van der Waals surface area contributed by atoms with E-state index in [0.717, 1.165) is 22.3 Å². The highest BCUT2D eigenvalue weighted by Gasteiger charge is 2.57. The predicted octanol–water partition coefficient (Wildman–Crippen LogP) is 4.47. The Morgan fingerprint density at radius 1 is 0.838 bits per heavy atom. The van der Waals surface area contributed by atoms with Crippen LogP contribution in [0, 0.1) is 12.3 Å². The average Bonchev–Trinajstić information content (AvgIpc) is 3.33. The van der Waals surface area contributed by atoms with Gasteiger partial charge >= 0.3 is 11.9 Å². The Hall–Kier alpha value is -3.59. The number of carbonyl (C=O) groups excluding carboxylic acids is 2. The van der Waals surface area contributed by atoms with E-state index in [-0.39, 0.29) is 17.7 Å². The Balaban J connectivity index is 1.97. The van der Waals surface area contributed by atoms with Crippen molar-refractivity contribution in [3.05, 3.63) is 82.1 Å². The lowest BCUT2D eigenvalue weighted by Gasteiger charge is -2.39. The number of benzene rings is 2. The number of fused-ring (bicyclic) bond motifs is 1. The van der Waals surface area contributed by atoms with Gasteiger partial charge in [-0.2, -0.15) is 0 Å². The van der Waals surface area contributed by atoms with E-state index < -0.39 is 33.4 Å². The SMILES string of the molecule is COC(=O)C1(C(=O)OC)CC2=C(C)C(c3ccc(OC)cc3)N(S(=O)(=O)c3ccc(C)cc3)C(C)=C2C1. The summed E-state index contributed by atoms with van der Waals surface area (Å²) in [5.41, 5.74) is 2.68. The summed E-state index contributed by atoms with van der Waals surface area (Å²) in [5.74, 6) is -0.770. The van der Waals surface area contributed by atoms with E-state index in [9.17, 15) is 18.0 Å². The van der Waals surface area contributed by atoms with Gasteiger partial charge in [-0.15, -0.1) is 0 Å². The fourth-order valence-corrected chi connectivity index (χ4v) is 7.08. The van der Waals surface area contributed by atoms with Gasteiger partial charge in [0.25, 0.3) is 10.0 Å². The van der Waals surface area contributed by atoms with E-state index in [1.54, 1.807) is 50.4 Å². The van der Waals surface area contributed by atoms with Crippen LogP contribution in [0.3, 0.4) is 0 Å². The fraction of sp³-hybridized carbons (Fsp3) is 0.357. The summed E-state index contributed by atoms with van der Waals surface area (Å²) in [4.78, 5) is 26.0. The predicted molar refractivity (Wildman–Crippen MR) is 137 cm³/mol. The lowest BCUT2D eigenvalue weighted by Crippen LogP contribution is -2.39. The van der Waals surface area contributed by atoms with Crippen LogP contribution in [0.5, 0.6) is 5.75 Å². The van der Waals surface area contributed by atoms with Crippen molar-refractivity contribution < 1.29 is 32.2 Å². The molecule has 0 amide bonds. The number of aryl methyl sites for hydroxylation is 1. The third-order valence-electron chi connectivity index (χ3n) is 7.37. The maximum Gasteiger partial charge on any atom is 0.323 e. The summed E-state index contributed by atoms with van der Waals surface area (Å²) < 4.78 is 45.0. The second-order valence-corrected chi connectivity index (χ2v) is 11.2. The Kier molecular flexibility index (Phi) is 6.94. The molecule has 2 aromatic rings. The Morgan fingerprint density at radius 2 is 1.38 bits per heavy atom. The molecular formula is C28H31NO7S. The molecule has 0 radical (unpaired) electrons. The first kappa shape index (κ1) is 26.5. The largest absolute Gasteiger partial charge is 0.497 e. The molecular weight excluding hydrogens is 494 g/mol. The van der Waals surface area contributed by atoms with Gasteiger partial charge in [-0.25, -0.2) is 8.42 Å². The molecule has 37 heavy (non-hydrogen) atoms. The zero-order valence-corrected chi connectivity index (χ0v) is 22.6. The van der Waals surface area contributed by atoms with E-state index in [2.05, 4.69) is 0 Å². The van der Waals surface area contributed by atoms with Crippen LogP contribution in [0.25, 0.3) is 0 Å². The van der Waals surface area contributed by atoms with Crippen molar-refractivity contribution in [2.24, 2.45) is 5.41 Å². The molecule has 1 fully saturated rings. The number of esters is 2. The number of methoxy groups -OCH3 is 3. The molecule has 2 aliphatic rings. The minimum absolute atomic E-state index is 0.0138. The van der Waals surface area contributed by atoms with Crippen LogP contribution in [-0.2, 0) is 29.1 Å². The highest BCUT2D eigenvalue weighted by atomic mass is 32.2. The minimum Gasteiger partial charge on any atom is -0.497 e. The second kappa shape index (κ2) is 9.70. The smallest absolute Gasteiger partial charge is 0.323 e. The molecule has 9 heteroatoms. The maximum atomic E-state index is 14.2. The van der Waals surface area contributed by atoms with Crippen molar-refractivity contribution in [1.82, 2.24) is 4.31 Å². The number of allylic oxidation sites excluding steroid dienone is 3. The number of hydrogen-bond donors (Lipinski definition) is 0. The molecule has 1 heterocycles. The second-order valence-electron chi connectivity index (χ2n) is 9.43. The molecule has 8 nitrogen and oxygen atoms in total. The van der Waals surface area contributed by atoms with Crippen molar-refractivity contribution in [2.75, 3.05) is 21.3 Å². The van der Waals surface area contributed by atoms with Gasteiger partial charge < -0.3 is 14.2 Å². The molecule has 0 aromatic heterocycles. The van der Waals surface area contributed by atoms with E-state index >= 15 is 0 Å². The summed E-state index contributed by atoms with van der Waals surface area (Å²) in [6.45, 7) is 5.45.